The van der Waals surface area contributed by atoms with Crippen molar-refractivity contribution in [1.82, 2.24) is 14.9 Å². The van der Waals surface area contributed by atoms with Crippen LogP contribution in [0, 0.1) is 39.7 Å². The smallest absolute Gasteiger partial charge is 0.285 e. The van der Waals surface area contributed by atoms with Crippen LogP contribution in [0.3, 0.4) is 0 Å². The van der Waals surface area contributed by atoms with Crippen molar-refractivity contribution < 1.29 is 9.66 Å². The topological polar surface area (TPSA) is 93.4 Å². The monoisotopic (exact) mass is 477 g/mol. The molecule has 0 radical (unpaired) electrons. The molecular formula is C28H23N5O3. The van der Waals surface area contributed by atoms with Gasteiger partial charge in [0.1, 0.15) is 29.2 Å². The van der Waals surface area contributed by atoms with Gasteiger partial charge in [0.05, 0.1) is 10.4 Å². The van der Waals surface area contributed by atoms with Gasteiger partial charge in [0, 0.05) is 36.1 Å². The molecule has 8 heteroatoms. The fourth-order valence-corrected chi connectivity index (χ4v) is 4.92. The maximum absolute atomic E-state index is 11.9. The van der Waals surface area contributed by atoms with Crippen LogP contribution in [0.25, 0.3) is 10.9 Å². The number of aromatic nitrogens is 2. The van der Waals surface area contributed by atoms with E-state index in [9.17, 15) is 10.1 Å². The Bertz CT molecular complexity index is 1500. The Balaban J connectivity index is 1.25. The summed E-state index contributed by atoms with van der Waals surface area (Å²) in [5.41, 5.74) is 1.72. The van der Waals surface area contributed by atoms with E-state index in [1.165, 1.54) is 12.4 Å². The van der Waals surface area contributed by atoms with Crippen LogP contribution in [0.1, 0.15) is 5.56 Å². The van der Waals surface area contributed by atoms with E-state index < -0.39 is 4.92 Å². The Kier molecular flexibility index (Phi) is 5.47. The van der Waals surface area contributed by atoms with Gasteiger partial charge in [0.15, 0.2) is 0 Å². The highest BCUT2D eigenvalue weighted by Crippen LogP contribution is 2.50. The fourth-order valence-electron chi connectivity index (χ4n) is 4.92. The zero-order valence-corrected chi connectivity index (χ0v) is 19.6. The first-order valence-corrected chi connectivity index (χ1v) is 11.8. The van der Waals surface area contributed by atoms with Gasteiger partial charge in [-0.15, -0.1) is 0 Å². The summed E-state index contributed by atoms with van der Waals surface area (Å²) in [4.78, 5) is 22.5. The van der Waals surface area contributed by atoms with Gasteiger partial charge < -0.3 is 15.0 Å². The lowest BCUT2D eigenvalue weighted by Gasteiger charge is -2.10. The Morgan fingerprint density at radius 1 is 1.03 bits per heavy atom. The third-order valence-corrected chi connectivity index (χ3v) is 6.80. The number of ether oxygens (including phenoxy) is 1. The van der Waals surface area contributed by atoms with E-state index in [0.29, 0.717) is 45.8 Å². The minimum absolute atomic E-state index is 0.0395. The molecule has 1 saturated carbocycles. The molecule has 0 spiro atoms. The SMILES string of the molecule is CN1C[C@@H]2[C@@H](C#Cc3cc4ncnc(Nc5ccc(Oc6ccccc6)cc5)c4cc3[N+](=O)[O-])[C@@H]2C1. The highest BCUT2D eigenvalue weighted by molar-refractivity contribution is 5.93. The summed E-state index contributed by atoms with van der Waals surface area (Å²) in [6.07, 6.45) is 1.45. The lowest BCUT2D eigenvalue weighted by Crippen LogP contribution is -2.18. The molecule has 6 rings (SSSR count). The van der Waals surface area contributed by atoms with Crippen LogP contribution >= 0.6 is 0 Å². The fraction of sp³-hybridized carbons (Fsp3) is 0.214. The number of nitro groups is 1. The number of benzene rings is 3. The summed E-state index contributed by atoms with van der Waals surface area (Å²) in [6.45, 7) is 2.09. The van der Waals surface area contributed by atoms with Crippen LogP contribution in [-0.4, -0.2) is 39.9 Å². The van der Waals surface area contributed by atoms with E-state index >= 15 is 0 Å². The summed E-state index contributed by atoms with van der Waals surface area (Å²) < 4.78 is 5.84. The van der Waals surface area contributed by atoms with Crippen LogP contribution in [0.5, 0.6) is 11.5 Å². The number of nitrogens with one attached hydrogen (secondary N) is 1. The van der Waals surface area contributed by atoms with Gasteiger partial charge in [-0.2, -0.15) is 0 Å². The maximum atomic E-state index is 11.9. The van der Waals surface area contributed by atoms with Crippen LogP contribution in [0.4, 0.5) is 17.2 Å². The molecule has 0 unspecified atom stereocenters. The Morgan fingerprint density at radius 2 is 1.75 bits per heavy atom. The molecule has 2 fully saturated rings. The largest absolute Gasteiger partial charge is 0.457 e. The van der Waals surface area contributed by atoms with Crippen LogP contribution < -0.4 is 10.1 Å². The molecule has 2 aliphatic rings. The van der Waals surface area contributed by atoms with E-state index in [1.54, 1.807) is 6.07 Å². The first-order chi connectivity index (χ1) is 17.5. The van der Waals surface area contributed by atoms with Crippen LogP contribution in [-0.2, 0) is 0 Å². The van der Waals surface area contributed by atoms with Crippen LogP contribution in [0.15, 0.2) is 73.1 Å². The molecule has 1 N–H and O–H groups in total. The van der Waals surface area contributed by atoms with Crippen molar-refractivity contribution in [2.45, 2.75) is 0 Å². The van der Waals surface area contributed by atoms with Gasteiger partial charge in [0.25, 0.3) is 5.69 Å². The molecule has 1 aliphatic carbocycles. The molecule has 4 aromatic rings. The number of fused-ring (bicyclic) bond motifs is 2. The Morgan fingerprint density at radius 3 is 2.47 bits per heavy atom. The summed E-state index contributed by atoms with van der Waals surface area (Å²) in [5.74, 6) is 9.80. The van der Waals surface area contributed by atoms with Crippen molar-refractivity contribution in [3.05, 3.63) is 88.7 Å². The predicted molar refractivity (Wildman–Crippen MR) is 137 cm³/mol. The Hall–Kier alpha value is -4.48. The standard InChI is InChI=1S/C28H23N5O3/c1-32-15-24-22(25(24)16-32)12-7-18-13-26-23(14-27(18)33(34)35)28(30-17-29-26)31-19-8-10-21(11-9-19)36-20-5-3-2-4-6-20/h2-6,8-11,13-14,17,22,24-25H,15-16H2,1H3,(H,29,30,31)/t22-,24-,25+. The molecule has 8 nitrogen and oxygen atoms in total. The molecule has 0 amide bonds. The average Bonchev–Trinajstić information content (AvgIpc) is 3.35. The molecule has 3 aromatic carbocycles. The minimum Gasteiger partial charge on any atom is -0.457 e. The highest BCUT2D eigenvalue weighted by Gasteiger charge is 2.54. The number of anilines is 2. The molecule has 1 aromatic heterocycles. The normalized spacial score (nSPS) is 20.3. The maximum Gasteiger partial charge on any atom is 0.285 e. The first kappa shape index (κ1) is 22.0. The number of nitrogens with zero attached hydrogens (tertiary/aromatic N) is 4. The van der Waals surface area contributed by atoms with Crippen molar-refractivity contribution in [2.75, 3.05) is 25.5 Å². The van der Waals surface area contributed by atoms with Gasteiger partial charge in [-0.25, -0.2) is 9.97 Å². The van der Waals surface area contributed by atoms with E-state index in [-0.39, 0.29) is 5.69 Å². The lowest BCUT2D eigenvalue weighted by molar-refractivity contribution is -0.385. The van der Waals surface area contributed by atoms with E-state index in [1.807, 2.05) is 54.6 Å². The van der Waals surface area contributed by atoms with Crippen molar-refractivity contribution in [2.24, 2.45) is 17.8 Å². The summed E-state index contributed by atoms with van der Waals surface area (Å²) in [6, 6.07) is 20.2. The number of rotatable bonds is 5. The number of hydrogen-bond donors (Lipinski definition) is 1. The molecule has 1 saturated heterocycles. The zero-order chi connectivity index (χ0) is 24.6. The van der Waals surface area contributed by atoms with E-state index in [0.717, 1.165) is 24.5 Å². The quantitative estimate of drug-likeness (QED) is 0.239. The van der Waals surface area contributed by atoms with Crippen molar-refractivity contribution in [3.8, 4) is 23.3 Å². The molecule has 1 aliphatic heterocycles. The molecule has 2 heterocycles. The van der Waals surface area contributed by atoms with E-state index in [2.05, 4.69) is 39.1 Å². The first-order valence-electron chi connectivity index (χ1n) is 11.8. The molecule has 0 bridgehead atoms. The Labute approximate surface area is 208 Å². The number of piperidine rings is 1. The van der Waals surface area contributed by atoms with Gasteiger partial charge >= 0.3 is 0 Å². The average molecular weight is 478 g/mol. The van der Waals surface area contributed by atoms with Crippen molar-refractivity contribution in [3.63, 3.8) is 0 Å². The predicted octanol–water partition coefficient (Wildman–Crippen LogP) is 5.23. The summed E-state index contributed by atoms with van der Waals surface area (Å²) in [5, 5.41) is 15.7. The minimum atomic E-state index is -0.391. The third-order valence-electron chi connectivity index (χ3n) is 6.80. The van der Waals surface area contributed by atoms with Crippen molar-refractivity contribution >= 4 is 28.1 Å². The molecule has 178 valence electrons. The summed E-state index contributed by atoms with van der Waals surface area (Å²) in [7, 11) is 2.11. The third kappa shape index (κ3) is 4.32. The van der Waals surface area contributed by atoms with Crippen molar-refractivity contribution in [1.29, 1.82) is 0 Å². The van der Waals surface area contributed by atoms with Gasteiger partial charge in [-0.3, -0.25) is 10.1 Å². The van der Waals surface area contributed by atoms with Gasteiger partial charge in [0.2, 0.25) is 0 Å². The molecule has 36 heavy (non-hydrogen) atoms. The van der Waals surface area contributed by atoms with E-state index in [4.69, 9.17) is 4.74 Å². The second-order valence-electron chi connectivity index (χ2n) is 9.27. The highest BCUT2D eigenvalue weighted by atomic mass is 16.6. The zero-order valence-electron chi connectivity index (χ0n) is 19.6. The second-order valence-corrected chi connectivity index (χ2v) is 9.27. The number of hydrogen-bond acceptors (Lipinski definition) is 7. The molecule has 3 atom stereocenters. The number of likely N-dealkylation sites (tertiary alicyclic amines) is 1. The van der Waals surface area contributed by atoms with Gasteiger partial charge in [-0.1, -0.05) is 30.0 Å². The van der Waals surface area contributed by atoms with Gasteiger partial charge in [-0.05, 0) is 61.3 Å². The second kappa shape index (κ2) is 8.95. The number of nitro benzene ring substituents is 1. The summed E-state index contributed by atoms with van der Waals surface area (Å²) >= 11 is 0. The lowest BCUT2D eigenvalue weighted by atomic mass is 10.1. The van der Waals surface area contributed by atoms with Crippen LogP contribution in [0.2, 0.25) is 0 Å². The molecular weight excluding hydrogens is 454 g/mol. The number of para-hydroxylation sites is 1.